The largest absolute Gasteiger partial charge is 0.383 e. The molecule has 0 amide bonds. The molecule has 0 fully saturated rings. The fraction of sp³-hybridized carbons (Fsp3) is 1.00. The normalized spacial score (nSPS) is 14.1. The van der Waals surface area contributed by atoms with Crippen molar-refractivity contribution in [2.24, 2.45) is 0 Å². The molecular formula is C4H8BrFO. The lowest BCUT2D eigenvalue weighted by Gasteiger charge is -1.99. The molecule has 0 aliphatic carbocycles. The summed E-state index contributed by atoms with van der Waals surface area (Å²) in [5.41, 5.74) is 0. The van der Waals surface area contributed by atoms with E-state index in [1.807, 2.05) is 0 Å². The summed E-state index contributed by atoms with van der Waals surface area (Å²) in [6, 6.07) is 0. The lowest BCUT2D eigenvalue weighted by Crippen LogP contribution is -2.07. The van der Waals surface area contributed by atoms with Gasteiger partial charge in [0.2, 0.25) is 0 Å². The highest BCUT2D eigenvalue weighted by Crippen LogP contribution is 1.98. The molecule has 0 bridgehead atoms. The molecule has 0 spiro atoms. The lowest BCUT2D eigenvalue weighted by molar-refractivity contribution is 0.192. The van der Waals surface area contributed by atoms with Crippen LogP contribution in [0.4, 0.5) is 4.39 Å². The summed E-state index contributed by atoms with van der Waals surface area (Å²) in [7, 11) is 1.55. The van der Waals surface area contributed by atoms with Crippen LogP contribution in [0.1, 0.15) is 0 Å². The van der Waals surface area contributed by atoms with E-state index in [9.17, 15) is 4.39 Å². The minimum atomic E-state index is -0.367. The predicted molar refractivity (Wildman–Crippen MR) is 30.6 cm³/mol. The van der Waals surface area contributed by atoms with Crippen molar-refractivity contribution in [3.05, 3.63) is 0 Å². The van der Waals surface area contributed by atoms with Crippen LogP contribution in [-0.2, 0) is 4.74 Å². The molecule has 0 aliphatic heterocycles. The quantitative estimate of drug-likeness (QED) is 0.582. The second kappa shape index (κ2) is 4.53. The molecule has 0 aromatic rings. The van der Waals surface area contributed by atoms with Crippen LogP contribution in [0.5, 0.6) is 0 Å². The van der Waals surface area contributed by atoms with Crippen LogP contribution in [0, 0.1) is 0 Å². The Morgan fingerprint density at radius 2 is 2.43 bits per heavy atom. The Hall–Kier alpha value is 0.370. The van der Waals surface area contributed by atoms with Gasteiger partial charge in [-0.05, 0) is 0 Å². The van der Waals surface area contributed by atoms with E-state index in [4.69, 9.17) is 0 Å². The molecule has 0 radical (unpaired) electrons. The second-order valence-corrected chi connectivity index (χ2v) is 2.50. The highest BCUT2D eigenvalue weighted by molar-refractivity contribution is 9.09. The van der Waals surface area contributed by atoms with Gasteiger partial charge in [0.25, 0.3) is 0 Å². The predicted octanol–water partition coefficient (Wildman–Crippen LogP) is 1.37. The van der Waals surface area contributed by atoms with Gasteiger partial charge < -0.3 is 4.74 Å². The molecular weight excluding hydrogens is 163 g/mol. The van der Waals surface area contributed by atoms with Crippen LogP contribution >= 0.6 is 15.9 Å². The van der Waals surface area contributed by atoms with Crippen LogP contribution in [0.3, 0.4) is 0 Å². The molecule has 3 heteroatoms. The van der Waals surface area contributed by atoms with E-state index in [1.54, 1.807) is 7.11 Å². The van der Waals surface area contributed by atoms with E-state index in [0.29, 0.717) is 6.61 Å². The first kappa shape index (κ1) is 7.37. The maximum Gasteiger partial charge on any atom is 0.104 e. The first-order valence-corrected chi connectivity index (χ1v) is 2.91. The van der Waals surface area contributed by atoms with E-state index in [-0.39, 0.29) is 11.5 Å². The number of alkyl halides is 2. The average molecular weight is 171 g/mol. The van der Waals surface area contributed by atoms with Gasteiger partial charge in [0.1, 0.15) is 6.67 Å². The van der Waals surface area contributed by atoms with E-state index < -0.39 is 0 Å². The Balaban J connectivity index is 2.83. The van der Waals surface area contributed by atoms with Gasteiger partial charge in [-0.15, -0.1) is 0 Å². The minimum absolute atomic E-state index is 0.127. The summed E-state index contributed by atoms with van der Waals surface area (Å²) in [4.78, 5) is -0.127. The summed E-state index contributed by atoms with van der Waals surface area (Å²) in [5.74, 6) is 0. The van der Waals surface area contributed by atoms with Gasteiger partial charge in [-0.25, -0.2) is 4.39 Å². The van der Waals surface area contributed by atoms with Crippen LogP contribution in [0.15, 0.2) is 0 Å². The van der Waals surface area contributed by atoms with Crippen molar-refractivity contribution >= 4 is 15.9 Å². The van der Waals surface area contributed by atoms with Gasteiger partial charge in [0.05, 0.1) is 11.4 Å². The Morgan fingerprint density at radius 3 is 2.57 bits per heavy atom. The minimum Gasteiger partial charge on any atom is -0.383 e. The molecule has 0 aromatic carbocycles. The molecule has 44 valence electrons. The molecule has 7 heavy (non-hydrogen) atoms. The van der Waals surface area contributed by atoms with Gasteiger partial charge in [-0.2, -0.15) is 0 Å². The molecule has 0 saturated heterocycles. The van der Waals surface area contributed by atoms with Crippen molar-refractivity contribution in [1.29, 1.82) is 0 Å². The molecule has 0 aliphatic rings. The smallest absolute Gasteiger partial charge is 0.104 e. The summed E-state index contributed by atoms with van der Waals surface area (Å²) in [6.07, 6.45) is 0. The van der Waals surface area contributed by atoms with Crippen LogP contribution < -0.4 is 0 Å². The molecule has 0 saturated carbocycles. The summed E-state index contributed by atoms with van der Waals surface area (Å²) < 4.78 is 16.1. The SMILES string of the molecule is COCC(Br)CF. The number of rotatable bonds is 3. The second-order valence-electron chi connectivity index (χ2n) is 1.21. The fourth-order valence-electron chi connectivity index (χ4n) is 0.225. The van der Waals surface area contributed by atoms with Gasteiger partial charge in [-0.1, -0.05) is 15.9 Å². The lowest BCUT2D eigenvalue weighted by atomic mass is 10.5. The van der Waals surface area contributed by atoms with Crippen LogP contribution in [0.25, 0.3) is 0 Å². The third-order valence-corrected chi connectivity index (χ3v) is 1.02. The van der Waals surface area contributed by atoms with Crippen molar-refractivity contribution in [2.75, 3.05) is 20.4 Å². The maximum atomic E-state index is 11.4. The highest BCUT2D eigenvalue weighted by atomic mass is 79.9. The van der Waals surface area contributed by atoms with E-state index in [2.05, 4.69) is 20.7 Å². The summed E-state index contributed by atoms with van der Waals surface area (Å²) >= 11 is 3.04. The topological polar surface area (TPSA) is 9.23 Å². The van der Waals surface area contributed by atoms with Crippen molar-refractivity contribution in [3.8, 4) is 0 Å². The zero-order chi connectivity index (χ0) is 5.70. The highest BCUT2D eigenvalue weighted by Gasteiger charge is 1.98. The zero-order valence-corrected chi connectivity index (χ0v) is 5.74. The molecule has 1 atom stereocenters. The van der Waals surface area contributed by atoms with Crippen LogP contribution in [-0.4, -0.2) is 25.2 Å². The number of ether oxygens (including phenoxy) is 1. The van der Waals surface area contributed by atoms with Crippen molar-refractivity contribution < 1.29 is 9.13 Å². The van der Waals surface area contributed by atoms with E-state index in [0.717, 1.165) is 0 Å². The van der Waals surface area contributed by atoms with Gasteiger partial charge >= 0.3 is 0 Å². The summed E-state index contributed by atoms with van der Waals surface area (Å²) in [6.45, 7) is 0.0738. The van der Waals surface area contributed by atoms with E-state index in [1.165, 1.54) is 0 Å². The van der Waals surface area contributed by atoms with Crippen molar-refractivity contribution in [3.63, 3.8) is 0 Å². The monoisotopic (exact) mass is 170 g/mol. The fourth-order valence-corrected chi connectivity index (χ4v) is 0.490. The molecule has 0 N–H and O–H groups in total. The Morgan fingerprint density at radius 1 is 1.86 bits per heavy atom. The number of methoxy groups -OCH3 is 1. The maximum absolute atomic E-state index is 11.4. The number of hydrogen-bond acceptors (Lipinski definition) is 1. The molecule has 0 heterocycles. The Kier molecular flexibility index (Phi) is 4.77. The van der Waals surface area contributed by atoms with Crippen molar-refractivity contribution in [1.82, 2.24) is 0 Å². The molecule has 0 rings (SSSR count). The van der Waals surface area contributed by atoms with Crippen LogP contribution in [0.2, 0.25) is 0 Å². The van der Waals surface area contributed by atoms with Gasteiger partial charge in [0.15, 0.2) is 0 Å². The number of hydrogen-bond donors (Lipinski definition) is 0. The third kappa shape index (κ3) is 4.22. The van der Waals surface area contributed by atoms with E-state index >= 15 is 0 Å². The van der Waals surface area contributed by atoms with Gasteiger partial charge in [-0.3, -0.25) is 0 Å². The average Bonchev–Trinajstić information content (AvgIpc) is 1.68. The molecule has 1 unspecified atom stereocenters. The third-order valence-electron chi connectivity index (χ3n) is 0.515. The van der Waals surface area contributed by atoms with Crippen molar-refractivity contribution in [2.45, 2.75) is 4.83 Å². The first-order chi connectivity index (χ1) is 3.31. The summed E-state index contributed by atoms with van der Waals surface area (Å²) in [5, 5.41) is 0. The number of halogens is 2. The standard InChI is InChI=1S/C4H8BrFO/c1-7-3-4(5)2-6/h4H,2-3H2,1H3. The van der Waals surface area contributed by atoms with Gasteiger partial charge in [0, 0.05) is 7.11 Å². The molecule has 0 aromatic heterocycles. The first-order valence-electron chi connectivity index (χ1n) is 2.00. The molecule has 1 nitrogen and oxygen atoms in total. The zero-order valence-electron chi connectivity index (χ0n) is 4.16. The Labute approximate surface area is 51.0 Å². The Bertz CT molecular complexity index is 42.7.